The lowest BCUT2D eigenvalue weighted by Gasteiger charge is -2.28. The van der Waals surface area contributed by atoms with E-state index in [2.05, 4.69) is 25.7 Å². The molecule has 74 valence electrons. The molecule has 0 atom stereocenters. The van der Waals surface area contributed by atoms with E-state index < -0.39 is 0 Å². The van der Waals surface area contributed by atoms with Gasteiger partial charge in [-0.25, -0.2) is 0 Å². The largest absolute Gasteiger partial charge is 0.321 e. The van der Waals surface area contributed by atoms with E-state index in [1.54, 1.807) is 0 Å². The highest BCUT2D eigenvalue weighted by molar-refractivity contribution is 6.02. The molecule has 0 unspecified atom stereocenters. The highest BCUT2D eigenvalue weighted by Crippen LogP contribution is 2.50. The highest BCUT2D eigenvalue weighted by atomic mass is 16.2. The summed E-state index contributed by atoms with van der Waals surface area (Å²) in [6.45, 7) is 6.40. The molecular weight excluding hydrogens is 162 g/mol. The van der Waals surface area contributed by atoms with E-state index in [1.165, 1.54) is 19.3 Å². The monoisotopic (exact) mass is 181 g/mol. The Hall–Kier alpha value is -0.530. The fraction of sp³-hybridized carbons (Fsp3) is 0.909. The zero-order valence-corrected chi connectivity index (χ0v) is 8.89. The summed E-state index contributed by atoms with van der Waals surface area (Å²) in [7, 11) is 0. The van der Waals surface area contributed by atoms with E-state index >= 15 is 0 Å². The van der Waals surface area contributed by atoms with E-state index in [4.69, 9.17) is 0 Å². The Balaban J connectivity index is 2.14. The summed E-state index contributed by atoms with van der Waals surface area (Å²) in [6, 6.07) is 0. The van der Waals surface area contributed by atoms with Crippen molar-refractivity contribution in [3.63, 3.8) is 0 Å². The first-order chi connectivity index (χ1) is 5.98. The van der Waals surface area contributed by atoms with Crippen molar-refractivity contribution in [2.75, 3.05) is 0 Å². The van der Waals surface area contributed by atoms with Gasteiger partial charge in [-0.2, -0.15) is 0 Å². The molecule has 0 radical (unpaired) electrons. The fourth-order valence-electron chi connectivity index (χ4n) is 2.81. The second-order valence-corrected chi connectivity index (χ2v) is 5.40. The Kier molecular flexibility index (Phi) is 1.73. The third-order valence-electron chi connectivity index (χ3n) is 3.33. The van der Waals surface area contributed by atoms with Crippen LogP contribution >= 0.6 is 0 Å². The predicted molar refractivity (Wildman–Crippen MR) is 52.4 cm³/mol. The quantitative estimate of drug-likeness (QED) is 0.525. The molecule has 13 heavy (non-hydrogen) atoms. The van der Waals surface area contributed by atoms with Crippen LogP contribution in [0.4, 0.5) is 0 Å². The van der Waals surface area contributed by atoms with E-state index in [1.807, 2.05) is 0 Å². The van der Waals surface area contributed by atoms with Crippen molar-refractivity contribution >= 4 is 5.91 Å². The minimum absolute atomic E-state index is 0.0174. The number of carbonyl (C=O) groups excluding carboxylic acids is 1. The zero-order valence-electron chi connectivity index (χ0n) is 8.89. The van der Waals surface area contributed by atoms with Gasteiger partial charge >= 0.3 is 0 Å². The van der Waals surface area contributed by atoms with Gasteiger partial charge in [-0.1, -0.05) is 19.3 Å². The summed E-state index contributed by atoms with van der Waals surface area (Å²) in [5.41, 5.74) is 0.0188. The van der Waals surface area contributed by atoms with Crippen molar-refractivity contribution < 1.29 is 4.79 Å². The minimum atomic E-state index is -0.0174. The zero-order chi connectivity index (χ0) is 9.69. The lowest BCUT2D eigenvalue weighted by atomic mass is 9.88. The molecule has 0 aromatic heterocycles. The van der Waals surface area contributed by atoms with Crippen LogP contribution in [-0.2, 0) is 4.79 Å². The Morgan fingerprint density at radius 1 is 1.15 bits per heavy atom. The van der Waals surface area contributed by atoms with Crippen molar-refractivity contribution in [1.82, 2.24) is 4.90 Å². The van der Waals surface area contributed by atoms with E-state index in [0.717, 1.165) is 12.8 Å². The number of hydrogen-bond donors (Lipinski definition) is 0. The van der Waals surface area contributed by atoms with Gasteiger partial charge < -0.3 is 4.90 Å². The average molecular weight is 181 g/mol. The number of nitrogens with zero attached hydrogens (tertiary/aromatic N) is 1. The number of hydrogen-bond acceptors (Lipinski definition) is 1. The predicted octanol–water partition coefficient (Wildman–Crippen LogP) is 2.33. The summed E-state index contributed by atoms with van der Waals surface area (Å²) >= 11 is 0. The lowest BCUT2D eigenvalue weighted by Crippen LogP contribution is -2.34. The third kappa shape index (κ3) is 1.18. The molecule has 0 N–H and O–H groups in total. The van der Waals surface area contributed by atoms with Crippen molar-refractivity contribution in [1.29, 1.82) is 0 Å². The molecule has 2 rings (SSSR count). The molecule has 1 saturated heterocycles. The topological polar surface area (TPSA) is 20.1 Å². The molecule has 2 heteroatoms. The normalized spacial score (nSPS) is 26.7. The summed E-state index contributed by atoms with van der Waals surface area (Å²) in [5, 5.41) is 0. The average Bonchev–Trinajstić information content (AvgIpc) is 2.56. The van der Waals surface area contributed by atoms with Crippen molar-refractivity contribution in [2.24, 2.45) is 0 Å². The maximum absolute atomic E-state index is 11.8. The molecule has 2 nitrogen and oxygen atoms in total. The van der Waals surface area contributed by atoms with Crippen LogP contribution in [0.5, 0.6) is 0 Å². The van der Waals surface area contributed by atoms with Crippen LogP contribution in [0.15, 0.2) is 0 Å². The van der Waals surface area contributed by atoms with E-state index in [-0.39, 0.29) is 11.1 Å². The first-order valence-corrected chi connectivity index (χ1v) is 5.33. The molecule has 0 bridgehead atoms. The molecule has 0 aromatic carbocycles. The smallest absolute Gasteiger partial charge is 0.249 e. The minimum Gasteiger partial charge on any atom is -0.321 e. The maximum Gasteiger partial charge on any atom is 0.249 e. The lowest BCUT2D eigenvalue weighted by molar-refractivity contribution is -0.115. The van der Waals surface area contributed by atoms with Gasteiger partial charge in [0, 0.05) is 5.54 Å². The van der Waals surface area contributed by atoms with Crippen molar-refractivity contribution in [2.45, 2.75) is 64.0 Å². The van der Waals surface area contributed by atoms with Gasteiger partial charge in [0.1, 0.15) is 5.54 Å². The summed E-state index contributed by atoms with van der Waals surface area (Å²) in [6.07, 6.45) is 5.98. The SMILES string of the molecule is CC(C)(C)N1C(=O)C12CCCCC2. The maximum atomic E-state index is 11.8. The van der Waals surface area contributed by atoms with Gasteiger partial charge in [0.2, 0.25) is 5.91 Å². The fourth-order valence-corrected chi connectivity index (χ4v) is 2.81. The van der Waals surface area contributed by atoms with E-state index in [0.29, 0.717) is 5.91 Å². The second-order valence-electron chi connectivity index (χ2n) is 5.40. The Morgan fingerprint density at radius 2 is 1.69 bits per heavy atom. The van der Waals surface area contributed by atoms with Crippen molar-refractivity contribution in [3.8, 4) is 0 Å². The van der Waals surface area contributed by atoms with E-state index in [9.17, 15) is 4.79 Å². The van der Waals surface area contributed by atoms with Crippen molar-refractivity contribution in [3.05, 3.63) is 0 Å². The van der Waals surface area contributed by atoms with Crippen LogP contribution in [-0.4, -0.2) is 21.9 Å². The molecule has 2 fully saturated rings. The van der Waals surface area contributed by atoms with Crippen LogP contribution in [0, 0.1) is 0 Å². The molecule has 2 aliphatic rings. The van der Waals surface area contributed by atoms with Crippen LogP contribution < -0.4 is 0 Å². The molecule has 1 amide bonds. The molecule has 1 heterocycles. The molecule has 0 aromatic rings. The van der Waals surface area contributed by atoms with Gasteiger partial charge in [-0.05, 0) is 33.6 Å². The standard InChI is InChI=1S/C11H19NO/c1-10(2,3)12-9(13)11(12)7-5-4-6-8-11/h4-8H2,1-3H3. The first kappa shape index (κ1) is 9.04. The summed E-state index contributed by atoms with van der Waals surface area (Å²) in [5.74, 6) is 0.403. The number of rotatable bonds is 0. The first-order valence-electron chi connectivity index (χ1n) is 5.33. The molecule has 1 saturated carbocycles. The van der Waals surface area contributed by atoms with Gasteiger partial charge in [-0.3, -0.25) is 4.79 Å². The second kappa shape index (κ2) is 2.49. The number of carbonyl (C=O) groups is 1. The molecule has 1 spiro atoms. The highest BCUT2D eigenvalue weighted by Gasteiger charge is 2.65. The number of amides is 1. The molecular formula is C11H19NO. The van der Waals surface area contributed by atoms with Crippen LogP contribution in [0.3, 0.4) is 0 Å². The third-order valence-corrected chi connectivity index (χ3v) is 3.33. The Bertz CT molecular complexity index is 233. The van der Waals surface area contributed by atoms with Gasteiger partial charge in [-0.15, -0.1) is 0 Å². The summed E-state index contributed by atoms with van der Waals surface area (Å²) in [4.78, 5) is 13.9. The van der Waals surface area contributed by atoms with Gasteiger partial charge in [0.15, 0.2) is 0 Å². The summed E-state index contributed by atoms with van der Waals surface area (Å²) < 4.78 is 0. The van der Waals surface area contributed by atoms with Crippen LogP contribution in [0.25, 0.3) is 0 Å². The van der Waals surface area contributed by atoms with Crippen LogP contribution in [0.1, 0.15) is 52.9 Å². The molecule has 1 aliphatic carbocycles. The molecule has 1 aliphatic heterocycles. The van der Waals surface area contributed by atoms with Crippen LogP contribution in [0.2, 0.25) is 0 Å². The Morgan fingerprint density at radius 3 is 2.08 bits per heavy atom. The van der Waals surface area contributed by atoms with Gasteiger partial charge in [0.05, 0.1) is 0 Å². The van der Waals surface area contributed by atoms with Gasteiger partial charge in [0.25, 0.3) is 0 Å². The Labute approximate surface area is 80.3 Å².